The third-order valence-corrected chi connectivity index (χ3v) is 7.45. The van der Waals surface area contributed by atoms with Gasteiger partial charge in [-0.25, -0.2) is 5.43 Å². The zero-order valence-electron chi connectivity index (χ0n) is 20.1. The number of benzene rings is 3. The van der Waals surface area contributed by atoms with Gasteiger partial charge in [0.1, 0.15) is 5.70 Å². The van der Waals surface area contributed by atoms with Crippen LogP contribution in [0.15, 0.2) is 74.3 Å². The van der Waals surface area contributed by atoms with E-state index in [-0.39, 0.29) is 33.3 Å². The van der Waals surface area contributed by atoms with E-state index >= 15 is 0 Å². The van der Waals surface area contributed by atoms with Crippen molar-refractivity contribution in [3.63, 3.8) is 0 Å². The predicted molar refractivity (Wildman–Crippen MR) is 153 cm³/mol. The molecule has 11 heteroatoms. The summed E-state index contributed by atoms with van der Waals surface area (Å²) in [5, 5.41) is 17.3. The molecule has 3 rings (SSSR count). The molecule has 0 fully saturated rings. The number of rotatable bonds is 8. The fourth-order valence-electron chi connectivity index (χ4n) is 3.13. The Labute approximate surface area is 236 Å². The van der Waals surface area contributed by atoms with E-state index in [4.69, 9.17) is 16.3 Å². The van der Waals surface area contributed by atoms with Gasteiger partial charge in [-0.15, -0.1) is 0 Å². The molecule has 192 valence electrons. The van der Waals surface area contributed by atoms with Crippen LogP contribution in [-0.2, 0) is 4.79 Å². The van der Waals surface area contributed by atoms with Gasteiger partial charge in [-0.1, -0.05) is 35.9 Å². The molecule has 3 N–H and O–H groups in total. The number of aromatic hydroxyl groups is 1. The molecule has 0 bridgehead atoms. The van der Waals surface area contributed by atoms with Crippen LogP contribution in [0, 0.1) is 0 Å². The van der Waals surface area contributed by atoms with E-state index in [1.54, 1.807) is 30.3 Å². The predicted octanol–water partition coefficient (Wildman–Crippen LogP) is 5.57. The maximum Gasteiger partial charge on any atom is 0.287 e. The molecule has 8 nitrogen and oxygen atoms in total. The summed E-state index contributed by atoms with van der Waals surface area (Å²) in [6.07, 6.45) is 2.78. The summed E-state index contributed by atoms with van der Waals surface area (Å²) < 4.78 is 6.27. The highest BCUT2D eigenvalue weighted by Gasteiger charge is 2.17. The Morgan fingerprint density at radius 1 is 1.11 bits per heavy atom. The number of hydrogen-bond acceptors (Lipinski definition) is 6. The zero-order valence-corrected chi connectivity index (χ0v) is 24.0. The highest BCUT2D eigenvalue weighted by atomic mass is 79.9. The van der Waals surface area contributed by atoms with Crippen LogP contribution in [0.2, 0.25) is 5.02 Å². The molecule has 0 saturated carbocycles. The number of amides is 2. The molecule has 3 aromatic rings. The van der Waals surface area contributed by atoms with Crippen molar-refractivity contribution >= 4 is 73.3 Å². The molecule has 0 aliphatic rings. The number of phenolic OH excluding ortho intramolecular Hbond substituents is 1. The van der Waals surface area contributed by atoms with Crippen LogP contribution in [0.25, 0.3) is 6.08 Å². The highest BCUT2D eigenvalue weighted by molar-refractivity contribution is 9.13. The molecule has 0 aliphatic carbocycles. The second-order valence-electron chi connectivity index (χ2n) is 7.81. The maximum absolute atomic E-state index is 13.1. The Morgan fingerprint density at radius 3 is 2.41 bits per heavy atom. The molecule has 0 saturated heterocycles. The average molecular weight is 651 g/mol. The topological polar surface area (TPSA) is 103 Å². The number of nitrogens with zero attached hydrogens (tertiary/aromatic N) is 2. The normalized spacial score (nSPS) is 11.4. The Kier molecular flexibility index (Phi) is 9.73. The van der Waals surface area contributed by atoms with Gasteiger partial charge in [0.05, 0.1) is 29.5 Å². The molecule has 0 aromatic heterocycles. The first-order valence-electron chi connectivity index (χ1n) is 10.8. The number of hydrogen-bond donors (Lipinski definition) is 3. The fourth-order valence-corrected chi connectivity index (χ4v) is 4.18. The first kappa shape index (κ1) is 28.2. The van der Waals surface area contributed by atoms with E-state index in [9.17, 15) is 14.7 Å². The van der Waals surface area contributed by atoms with Crippen LogP contribution in [0.4, 0.5) is 5.69 Å². The van der Waals surface area contributed by atoms with Gasteiger partial charge in [0.15, 0.2) is 11.5 Å². The zero-order chi connectivity index (χ0) is 27.1. The van der Waals surface area contributed by atoms with Crippen molar-refractivity contribution in [1.29, 1.82) is 0 Å². The smallest absolute Gasteiger partial charge is 0.287 e. The number of nitrogens with one attached hydrogen (secondary N) is 2. The van der Waals surface area contributed by atoms with E-state index in [2.05, 4.69) is 47.7 Å². The molecular weight excluding hydrogens is 628 g/mol. The summed E-state index contributed by atoms with van der Waals surface area (Å²) in [5.41, 5.74) is 4.46. The number of anilines is 1. The van der Waals surface area contributed by atoms with Crippen molar-refractivity contribution < 1.29 is 19.4 Å². The minimum atomic E-state index is -0.689. The van der Waals surface area contributed by atoms with E-state index < -0.39 is 11.8 Å². The Morgan fingerprint density at radius 2 is 1.78 bits per heavy atom. The van der Waals surface area contributed by atoms with Gasteiger partial charge in [-0.2, -0.15) is 5.10 Å². The number of hydrazone groups is 1. The molecule has 0 atom stereocenters. The minimum Gasteiger partial charge on any atom is -0.504 e. The lowest BCUT2D eigenvalue weighted by Crippen LogP contribution is -2.33. The standard InChI is InChI=1S/C26H23Br2ClN4O4/c1-33(2)16-10-8-15(9-11-16)12-21(31-25(35)17-6-4-5-7-20(17)29)26(36)32-30-14-18-23(28)19(27)13-22(37-3)24(18)34/h4-14,34H,1-3H3,(H,31,35)(H,32,36)/b21-12?,30-14+. The molecular formula is C26H23Br2ClN4O4. The lowest BCUT2D eigenvalue weighted by Gasteiger charge is -2.13. The fraction of sp³-hybridized carbons (Fsp3) is 0.115. The molecule has 0 aliphatic heterocycles. The van der Waals surface area contributed by atoms with Gasteiger partial charge in [0, 0.05) is 28.7 Å². The van der Waals surface area contributed by atoms with Gasteiger partial charge in [0.2, 0.25) is 0 Å². The van der Waals surface area contributed by atoms with Crippen molar-refractivity contribution in [3.05, 3.63) is 91.0 Å². The SMILES string of the molecule is COc1cc(Br)c(Br)c(/C=N/NC(=O)C(=Cc2ccc(N(C)C)cc2)NC(=O)c2ccccc2Cl)c1O. The third-order valence-electron chi connectivity index (χ3n) is 5.10. The van der Waals surface area contributed by atoms with E-state index in [0.717, 1.165) is 5.69 Å². The van der Waals surface area contributed by atoms with Crippen molar-refractivity contribution in [2.45, 2.75) is 0 Å². The van der Waals surface area contributed by atoms with Gasteiger partial charge >= 0.3 is 0 Å². The lowest BCUT2D eigenvalue weighted by molar-refractivity contribution is -0.117. The number of carbonyl (C=O) groups is 2. The van der Waals surface area contributed by atoms with Crippen molar-refractivity contribution in [1.82, 2.24) is 10.7 Å². The maximum atomic E-state index is 13.1. The first-order chi connectivity index (χ1) is 17.6. The van der Waals surface area contributed by atoms with Crippen LogP contribution < -0.4 is 20.4 Å². The van der Waals surface area contributed by atoms with Crippen LogP contribution in [0.1, 0.15) is 21.5 Å². The van der Waals surface area contributed by atoms with E-state index in [0.29, 0.717) is 14.5 Å². The number of phenols is 1. The molecule has 2 amide bonds. The highest BCUT2D eigenvalue weighted by Crippen LogP contribution is 2.39. The Bertz CT molecular complexity index is 1380. The van der Waals surface area contributed by atoms with E-state index in [1.165, 1.54) is 19.4 Å². The summed E-state index contributed by atoms with van der Waals surface area (Å²) in [4.78, 5) is 27.9. The summed E-state index contributed by atoms with van der Waals surface area (Å²) in [7, 11) is 5.26. The molecule has 0 unspecified atom stereocenters. The monoisotopic (exact) mass is 648 g/mol. The number of halogens is 3. The van der Waals surface area contributed by atoms with Crippen LogP contribution in [-0.4, -0.2) is 44.3 Å². The molecule has 3 aromatic carbocycles. The number of methoxy groups -OCH3 is 1. The van der Waals surface area contributed by atoms with Gasteiger partial charge in [-0.05, 0) is 73.8 Å². The van der Waals surface area contributed by atoms with Crippen molar-refractivity contribution in [2.75, 3.05) is 26.1 Å². The molecule has 0 radical (unpaired) electrons. The van der Waals surface area contributed by atoms with Gasteiger partial charge < -0.3 is 20.1 Å². The second kappa shape index (κ2) is 12.8. The third kappa shape index (κ3) is 7.12. The van der Waals surface area contributed by atoms with Crippen LogP contribution in [0.5, 0.6) is 11.5 Å². The average Bonchev–Trinajstić information content (AvgIpc) is 2.88. The summed E-state index contributed by atoms with van der Waals surface area (Å²) >= 11 is 12.9. The summed E-state index contributed by atoms with van der Waals surface area (Å²) in [6, 6.07) is 15.5. The lowest BCUT2D eigenvalue weighted by atomic mass is 10.1. The van der Waals surface area contributed by atoms with Gasteiger partial charge in [-0.3, -0.25) is 9.59 Å². The minimum absolute atomic E-state index is 0.0604. The molecule has 0 heterocycles. The number of carbonyl (C=O) groups excluding carboxylic acids is 2. The van der Waals surface area contributed by atoms with Crippen molar-refractivity contribution in [3.8, 4) is 11.5 Å². The van der Waals surface area contributed by atoms with Gasteiger partial charge in [0.25, 0.3) is 11.8 Å². The number of ether oxygens (including phenoxy) is 1. The summed E-state index contributed by atoms with van der Waals surface area (Å²) in [5.74, 6) is -1.19. The Balaban J connectivity index is 1.90. The summed E-state index contributed by atoms with van der Waals surface area (Å²) in [6.45, 7) is 0. The Hall–Kier alpha value is -3.34. The molecule has 0 spiro atoms. The van der Waals surface area contributed by atoms with E-state index in [1.807, 2.05) is 43.3 Å². The largest absolute Gasteiger partial charge is 0.504 e. The van der Waals surface area contributed by atoms with Crippen LogP contribution in [0.3, 0.4) is 0 Å². The van der Waals surface area contributed by atoms with Crippen LogP contribution >= 0.6 is 43.5 Å². The second-order valence-corrected chi connectivity index (χ2v) is 9.87. The van der Waals surface area contributed by atoms with Crippen molar-refractivity contribution in [2.24, 2.45) is 5.10 Å². The quantitative estimate of drug-likeness (QED) is 0.168. The molecule has 37 heavy (non-hydrogen) atoms. The first-order valence-corrected chi connectivity index (χ1v) is 12.7.